The number of carbonyl (C=O) groups excluding carboxylic acids is 1. The Morgan fingerprint density at radius 3 is 2.55 bits per heavy atom. The van der Waals surface area contributed by atoms with E-state index in [9.17, 15) is 4.79 Å². The van der Waals surface area contributed by atoms with Crippen LogP contribution in [0.3, 0.4) is 0 Å². The standard InChI is InChI=1S/C15H26N4O/c1-3-19(11-15(20)18(2)8-4-7-16)14-9-12-5-6-13(10-14)17-12/h12-14,17H,3-6,8-11H2,1-2H3. The van der Waals surface area contributed by atoms with Crippen molar-refractivity contribution in [3.63, 3.8) is 0 Å². The van der Waals surface area contributed by atoms with E-state index in [0.717, 1.165) is 6.54 Å². The van der Waals surface area contributed by atoms with Crippen LogP contribution in [-0.4, -0.2) is 60.5 Å². The van der Waals surface area contributed by atoms with Crippen molar-refractivity contribution in [2.24, 2.45) is 0 Å². The minimum Gasteiger partial charge on any atom is -0.344 e. The maximum atomic E-state index is 12.2. The molecule has 0 aliphatic carbocycles. The molecule has 5 nitrogen and oxygen atoms in total. The predicted molar refractivity (Wildman–Crippen MR) is 78.1 cm³/mol. The highest BCUT2D eigenvalue weighted by atomic mass is 16.2. The average Bonchev–Trinajstić information content (AvgIpc) is 2.80. The number of likely N-dealkylation sites (N-methyl/N-ethyl adjacent to an activating group) is 2. The number of carbonyl (C=O) groups is 1. The second-order valence-electron chi connectivity index (χ2n) is 6.05. The lowest BCUT2D eigenvalue weighted by atomic mass is 9.98. The molecule has 5 heteroatoms. The zero-order chi connectivity index (χ0) is 14.5. The topological polar surface area (TPSA) is 59.4 Å². The molecule has 1 N–H and O–H groups in total. The third-order valence-corrected chi connectivity index (χ3v) is 4.69. The van der Waals surface area contributed by atoms with Crippen molar-refractivity contribution in [1.82, 2.24) is 15.1 Å². The molecule has 2 heterocycles. The van der Waals surface area contributed by atoms with Crippen LogP contribution in [0.1, 0.15) is 39.0 Å². The SMILES string of the molecule is CCN(CC(=O)N(C)CCC#N)C1CC2CCC(C1)N2. The molecule has 2 rings (SSSR count). The molecule has 2 unspecified atom stereocenters. The van der Waals surface area contributed by atoms with E-state index in [1.165, 1.54) is 25.7 Å². The molecule has 2 saturated heterocycles. The Morgan fingerprint density at radius 2 is 2.00 bits per heavy atom. The van der Waals surface area contributed by atoms with Crippen LogP contribution in [0.15, 0.2) is 0 Å². The number of nitrogens with one attached hydrogen (secondary N) is 1. The summed E-state index contributed by atoms with van der Waals surface area (Å²) in [5.41, 5.74) is 0. The summed E-state index contributed by atoms with van der Waals surface area (Å²) in [5, 5.41) is 12.2. The highest BCUT2D eigenvalue weighted by Crippen LogP contribution is 2.29. The quantitative estimate of drug-likeness (QED) is 0.786. The Labute approximate surface area is 121 Å². The third-order valence-electron chi connectivity index (χ3n) is 4.69. The molecule has 0 aromatic rings. The molecular formula is C15H26N4O. The van der Waals surface area contributed by atoms with Crippen LogP contribution in [-0.2, 0) is 4.79 Å². The van der Waals surface area contributed by atoms with Gasteiger partial charge in [0.2, 0.25) is 5.91 Å². The summed E-state index contributed by atoms with van der Waals surface area (Å²) in [6.07, 6.45) is 5.31. The van der Waals surface area contributed by atoms with Gasteiger partial charge >= 0.3 is 0 Å². The Morgan fingerprint density at radius 1 is 1.35 bits per heavy atom. The highest BCUT2D eigenvalue weighted by molar-refractivity contribution is 5.78. The Bertz CT molecular complexity index is 367. The van der Waals surface area contributed by atoms with Crippen LogP contribution in [0.4, 0.5) is 0 Å². The lowest BCUT2D eigenvalue weighted by Crippen LogP contribution is -2.50. The van der Waals surface area contributed by atoms with Crippen molar-refractivity contribution < 1.29 is 4.79 Å². The van der Waals surface area contributed by atoms with Gasteiger partial charge in [0.15, 0.2) is 0 Å². The Balaban J connectivity index is 1.85. The van der Waals surface area contributed by atoms with Crippen molar-refractivity contribution in [2.75, 3.05) is 26.7 Å². The Hall–Kier alpha value is -1.12. The molecule has 1 amide bonds. The molecule has 20 heavy (non-hydrogen) atoms. The molecule has 0 spiro atoms. The van der Waals surface area contributed by atoms with E-state index < -0.39 is 0 Å². The number of amides is 1. The first kappa shape index (κ1) is 15.3. The third kappa shape index (κ3) is 3.71. The van der Waals surface area contributed by atoms with Gasteiger partial charge in [0.05, 0.1) is 19.0 Å². The maximum absolute atomic E-state index is 12.2. The zero-order valence-corrected chi connectivity index (χ0v) is 12.6. The molecule has 2 aliphatic heterocycles. The lowest BCUT2D eigenvalue weighted by Gasteiger charge is -2.37. The fraction of sp³-hybridized carbons (Fsp3) is 0.867. The maximum Gasteiger partial charge on any atom is 0.236 e. The molecule has 0 saturated carbocycles. The second-order valence-corrected chi connectivity index (χ2v) is 6.05. The van der Waals surface area contributed by atoms with Crippen LogP contribution in [0.2, 0.25) is 0 Å². The largest absolute Gasteiger partial charge is 0.344 e. The summed E-state index contributed by atoms with van der Waals surface area (Å²) in [7, 11) is 1.79. The number of piperidine rings is 1. The zero-order valence-electron chi connectivity index (χ0n) is 12.6. The fourth-order valence-corrected chi connectivity index (χ4v) is 3.46. The van der Waals surface area contributed by atoms with Crippen LogP contribution in [0.25, 0.3) is 0 Å². The van der Waals surface area contributed by atoms with Crippen molar-refractivity contribution in [3.05, 3.63) is 0 Å². The minimum absolute atomic E-state index is 0.132. The van der Waals surface area contributed by atoms with E-state index in [2.05, 4.69) is 23.2 Å². The molecule has 2 bridgehead atoms. The van der Waals surface area contributed by atoms with E-state index in [4.69, 9.17) is 5.26 Å². The number of rotatable bonds is 6. The average molecular weight is 278 g/mol. The number of hydrogen-bond donors (Lipinski definition) is 1. The van der Waals surface area contributed by atoms with E-state index in [1.54, 1.807) is 11.9 Å². The van der Waals surface area contributed by atoms with Crippen LogP contribution in [0, 0.1) is 11.3 Å². The summed E-state index contributed by atoms with van der Waals surface area (Å²) < 4.78 is 0. The molecule has 2 atom stereocenters. The van der Waals surface area contributed by atoms with Gasteiger partial charge in [0.25, 0.3) is 0 Å². The van der Waals surface area contributed by atoms with Crippen molar-refractivity contribution >= 4 is 5.91 Å². The summed E-state index contributed by atoms with van der Waals surface area (Å²) in [6.45, 7) is 4.07. The van der Waals surface area contributed by atoms with Gasteiger partial charge in [-0.15, -0.1) is 0 Å². The smallest absolute Gasteiger partial charge is 0.236 e. The van der Waals surface area contributed by atoms with Crippen molar-refractivity contribution in [3.8, 4) is 6.07 Å². The predicted octanol–water partition coefficient (Wildman–Crippen LogP) is 0.963. The number of nitriles is 1. The van der Waals surface area contributed by atoms with Gasteiger partial charge in [-0.2, -0.15) is 5.26 Å². The number of hydrogen-bond acceptors (Lipinski definition) is 4. The lowest BCUT2D eigenvalue weighted by molar-refractivity contribution is -0.131. The van der Waals surface area contributed by atoms with Gasteiger partial charge in [-0.3, -0.25) is 9.69 Å². The molecule has 0 aromatic carbocycles. The summed E-state index contributed by atoms with van der Waals surface area (Å²) in [5.74, 6) is 0.132. The van der Waals surface area contributed by atoms with Gasteiger partial charge < -0.3 is 10.2 Å². The number of fused-ring (bicyclic) bond motifs is 2. The highest BCUT2D eigenvalue weighted by Gasteiger charge is 2.36. The van der Waals surface area contributed by atoms with Crippen molar-refractivity contribution in [1.29, 1.82) is 5.26 Å². The summed E-state index contributed by atoms with van der Waals surface area (Å²) in [4.78, 5) is 16.2. The molecule has 112 valence electrons. The monoisotopic (exact) mass is 278 g/mol. The first-order valence-corrected chi connectivity index (χ1v) is 7.75. The number of nitrogens with zero attached hydrogens (tertiary/aromatic N) is 3. The molecular weight excluding hydrogens is 252 g/mol. The minimum atomic E-state index is 0.132. The van der Waals surface area contributed by atoms with Gasteiger partial charge in [-0.1, -0.05) is 6.92 Å². The van der Waals surface area contributed by atoms with Crippen LogP contribution < -0.4 is 5.32 Å². The first-order chi connectivity index (χ1) is 9.63. The normalized spacial score (nSPS) is 28.4. The van der Waals surface area contributed by atoms with E-state index in [-0.39, 0.29) is 5.91 Å². The van der Waals surface area contributed by atoms with Crippen LogP contribution >= 0.6 is 0 Å². The first-order valence-electron chi connectivity index (χ1n) is 7.75. The van der Waals surface area contributed by atoms with Crippen molar-refractivity contribution in [2.45, 2.75) is 57.2 Å². The molecule has 0 radical (unpaired) electrons. The van der Waals surface area contributed by atoms with E-state index in [0.29, 0.717) is 37.6 Å². The molecule has 2 aliphatic rings. The van der Waals surface area contributed by atoms with Gasteiger partial charge in [-0.05, 0) is 32.2 Å². The molecule has 2 fully saturated rings. The Kier molecular flexibility index (Phi) is 5.38. The fourth-order valence-electron chi connectivity index (χ4n) is 3.46. The van der Waals surface area contributed by atoms with Gasteiger partial charge in [-0.25, -0.2) is 0 Å². The van der Waals surface area contributed by atoms with E-state index >= 15 is 0 Å². The van der Waals surface area contributed by atoms with Gasteiger partial charge in [0.1, 0.15) is 0 Å². The van der Waals surface area contributed by atoms with Gasteiger partial charge in [0, 0.05) is 31.7 Å². The molecule has 0 aromatic heterocycles. The van der Waals surface area contributed by atoms with Crippen LogP contribution in [0.5, 0.6) is 0 Å². The second kappa shape index (κ2) is 7.05. The summed E-state index contributed by atoms with van der Waals surface area (Å²) in [6, 6.07) is 3.93. The summed E-state index contributed by atoms with van der Waals surface area (Å²) >= 11 is 0. The van der Waals surface area contributed by atoms with E-state index in [1.807, 2.05) is 0 Å².